The zero-order valence-corrected chi connectivity index (χ0v) is 14.0. The van der Waals surface area contributed by atoms with Gasteiger partial charge in [-0.3, -0.25) is 14.4 Å². The van der Waals surface area contributed by atoms with Crippen LogP contribution in [0, 0.1) is 5.41 Å². The molecule has 3 atom stereocenters. The van der Waals surface area contributed by atoms with E-state index in [0.29, 0.717) is 0 Å². The lowest BCUT2D eigenvalue weighted by atomic mass is 9.47. The summed E-state index contributed by atoms with van der Waals surface area (Å²) < 4.78 is 10.2. The molecular weight excluding hydrogens is 326 g/mol. The normalized spacial score (nSPS) is 30.1. The second-order valence-electron chi connectivity index (χ2n) is 6.10. The van der Waals surface area contributed by atoms with Crippen LogP contribution in [0.15, 0.2) is 30.3 Å². The number of Topliss-reactive ketones (excluding diaryl/α,β-unsaturated/α-hetero) is 1. The Bertz CT molecular complexity index is 745. The fourth-order valence-electron chi connectivity index (χ4n) is 3.94. The number of hydrogen-bond donors (Lipinski definition) is 1. The Morgan fingerprint density at radius 2 is 1.68 bits per heavy atom. The van der Waals surface area contributed by atoms with Crippen LogP contribution < -0.4 is 5.32 Å². The third kappa shape index (κ3) is 2.04. The first-order chi connectivity index (χ1) is 12.0. The Morgan fingerprint density at radius 1 is 1.08 bits per heavy atom. The van der Waals surface area contributed by atoms with E-state index in [2.05, 4.69) is 5.32 Å². The van der Waals surface area contributed by atoms with Gasteiger partial charge in [0.25, 0.3) is 5.91 Å². The third-order valence-electron chi connectivity index (χ3n) is 5.03. The maximum absolute atomic E-state index is 12.8. The molecule has 1 aliphatic carbocycles. The number of ether oxygens (including phenoxy) is 2. The van der Waals surface area contributed by atoms with Gasteiger partial charge in [-0.15, -0.1) is 0 Å². The SMILES string of the molecule is CCOC(=O)[C@]12C[C@H](c3ccccc3)[C@]1(C(=O)OCC)NC(=O)C2=O. The Morgan fingerprint density at radius 3 is 2.28 bits per heavy atom. The van der Waals surface area contributed by atoms with E-state index in [0.717, 1.165) is 5.56 Å². The van der Waals surface area contributed by atoms with E-state index in [-0.39, 0.29) is 19.6 Å². The molecule has 0 radical (unpaired) electrons. The molecule has 7 nitrogen and oxygen atoms in total. The van der Waals surface area contributed by atoms with Gasteiger partial charge in [-0.05, 0) is 25.8 Å². The van der Waals surface area contributed by atoms with Gasteiger partial charge in [0.15, 0.2) is 11.0 Å². The van der Waals surface area contributed by atoms with Crippen LogP contribution in [0.5, 0.6) is 0 Å². The van der Waals surface area contributed by atoms with Crippen molar-refractivity contribution in [3.63, 3.8) is 0 Å². The van der Waals surface area contributed by atoms with Crippen molar-refractivity contribution >= 4 is 23.6 Å². The summed E-state index contributed by atoms with van der Waals surface area (Å²) in [7, 11) is 0. The number of rotatable bonds is 5. The van der Waals surface area contributed by atoms with Gasteiger partial charge in [-0.2, -0.15) is 0 Å². The van der Waals surface area contributed by atoms with Crippen molar-refractivity contribution in [3.8, 4) is 0 Å². The van der Waals surface area contributed by atoms with Gasteiger partial charge in [0.05, 0.1) is 13.2 Å². The molecule has 1 N–H and O–H groups in total. The summed E-state index contributed by atoms with van der Waals surface area (Å²) in [6, 6.07) is 8.97. The van der Waals surface area contributed by atoms with Crippen molar-refractivity contribution in [2.45, 2.75) is 31.7 Å². The molecule has 1 aromatic carbocycles. The summed E-state index contributed by atoms with van der Waals surface area (Å²) >= 11 is 0. The fraction of sp³-hybridized carbons (Fsp3) is 0.444. The van der Waals surface area contributed by atoms with Gasteiger partial charge in [-0.25, -0.2) is 4.79 Å². The molecule has 2 aliphatic rings. The van der Waals surface area contributed by atoms with Crippen LogP contribution in [-0.2, 0) is 28.7 Å². The van der Waals surface area contributed by atoms with Gasteiger partial charge >= 0.3 is 11.9 Å². The largest absolute Gasteiger partial charge is 0.465 e. The van der Waals surface area contributed by atoms with E-state index in [9.17, 15) is 19.2 Å². The summed E-state index contributed by atoms with van der Waals surface area (Å²) in [5, 5.41) is 2.47. The minimum absolute atomic E-state index is 0.0201. The van der Waals surface area contributed by atoms with Gasteiger partial charge in [0, 0.05) is 5.92 Å². The van der Waals surface area contributed by atoms with Gasteiger partial charge < -0.3 is 14.8 Å². The number of fused-ring (bicyclic) bond motifs is 1. The topological polar surface area (TPSA) is 98.8 Å². The standard InChI is InChI=1S/C18H19NO6/c1-3-24-15(22)17-10-12(11-8-6-5-7-9-11)18(17,16(23)25-4-2)19-14(21)13(17)20/h5-9,12H,3-4,10H2,1-2H3,(H,19,21)/t12-,17-,18-/m1/s1. The van der Waals surface area contributed by atoms with Crippen LogP contribution in [-0.4, -0.2) is 42.4 Å². The molecule has 132 valence electrons. The smallest absolute Gasteiger partial charge is 0.334 e. The molecule has 1 amide bonds. The molecule has 1 aliphatic heterocycles. The van der Waals surface area contributed by atoms with Crippen molar-refractivity contribution in [1.29, 1.82) is 0 Å². The molecular formula is C18H19NO6. The van der Waals surface area contributed by atoms with Crippen molar-refractivity contribution < 1.29 is 28.7 Å². The highest BCUT2D eigenvalue weighted by Gasteiger charge is 2.83. The summed E-state index contributed by atoms with van der Waals surface area (Å²) in [6.07, 6.45) is 0.0201. The van der Waals surface area contributed by atoms with E-state index < -0.39 is 40.5 Å². The average Bonchev–Trinajstić information content (AvgIpc) is 2.75. The number of ketones is 1. The van der Waals surface area contributed by atoms with Gasteiger partial charge in [0.2, 0.25) is 5.78 Å². The number of carbonyl (C=O) groups is 4. The minimum atomic E-state index is -1.87. The molecule has 1 saturated heterocycles. The Kier molecular flexibility index (Phi) is 4.10. The number of benzene rings is 1. The van der Waals surface area contributed by atoms with E-state index in [1.54, 1.807) is 38.1 Å². The quantitative estimate of drug-likeness (QED) is 0.480. The second kappa shape index (κ2) is 5.98. The van der Waals surface area contributed by atoms with Crippen LogP contribution in [0.4, 0.5) is 0 Å². The number of hydrogen-bond acceptors (Lipinski definition) is 6. The Hall–Kier alpha value is -2.70. The number of esters is 2. The predicted octanol–water partition coefficient (Wildman–Crippen LogP) is 0.724. The summed E-state index contributed by atoms with van der Waals surface area (Å²) in [5.41, 5.74) is -2.89. The Balaban J connectivity index is 2.15. The van der Waals surface area contributed by atoms with Gasteiger partial charge in [0.1, 0.15) is 0 Å². The number of nitrogens with one attached hydrogen (secondary N) is 1. The van der Waals surface area contributed by atoms with Crippen LogP contribution in [0.25, 0.3) is 0 Å². The molecule has 2 fully saturated rings. The van der Waals surface area contributed by atoms with Crippen LogP contribution in [0.2, 0.25) is 0 Å². The fourth-order valence-corrected chi connectivity index (χ4v) is 3.94. The molecule has 0 aromatic heterocycles. The molecule has 3 rings (SSSR count). The number of carbonyl (C=O) groups excluding carboxylic acids is 4. The molecule has 7 heteroatoms. The predicted molar refractivity (Wildman–Crippen MR) is 85.4 cm³/mol. The average molecular weight is 345 g/mol. The van der Waals surface area contributed by atoms with Crippen molar-refractivity contribution in [3.05, 3.63) is 35.9 Å². The van der Waals surface area contributed by atoms with Crippen LogP contribution in [0.3, 0.4) is 0 Å². The van der Waals surface area contributed by atoms with E-state index in [1.807, 2.05) is 6.07 Å². The molecule has 0 bridgehead atoms. The molecule has 0 spiro atoms. The zero-order chi connectivity index (χ0) is 18.2. The molecule has 25 heavy (non-hydrogen) atoms. The minimum Gasteiger partial charge on any atom is -0.465 e. The second-order valence-corrected chi connectivity index (χ2v) is 6.10. The van der Waals surface area contributed by atoms with E-state index in [4.69, 9.17) is 9.47 Å². The summed E-state index contributed by atoms with van der Waals surface area (Å²) in [5.74, 6) is -4.10. The molecule has 1 aromatic rings. The van der Waals surface area contributed by atoms with E-state index in [1.165, 1.54) is 0 Å². The lowest BCUT2D eigenvalue weighted by Gasteiger charge is -2.54. The highest BCUT2D eigenvalue weighted by atomic mass is 16.5. The lowest BCUT2D eigenvalue weighted by Crippen LogP contribution is -2.74. The highest BCUT2D eigenvalue weighted by Crippen LogP contribution is 2.63. The maximum atomic E-state index is 12.8. The maximum Gasteiger partial charge on any atom is 0.334 e. The summed E-state index contributed by atoms with van der Waals surface area (Å²) in [4.78, 5) is 50.2. The van der Waals surface area contributed by atoms with Crippen molar-refractivity contribution in [1.82, 2.24) is 5.32 Å². The first kappa shape index (κ1) is 17.1. The van der Waals surface area contributed by atoms with Crippen molar-refractivity contribution in [2.75, 3.05) is 13.2 Å². The highest BCUT2D eigenvalue weighted by molar-refractivity contribution is 6.47. The molecule has 1 heterocycles. The monoisotopic (exact) mass is 345 g/mol. The first-order valence-electron chi connectivity index (χ1n) is 8.22. The van der Waals surface area contributed by atoms with Crippen molar-refractivity contribution in [2.24, 2.45) is 5.41 Å². The van der Waals surface area contributed by atoms with Gasteiger partial charge in [-0.1, -0.05) is 30.3 Å². The number of amides is 1. The Labute approximate surface area is 144 Å². The lowest BCUT2D eigenvalue weighted by molar-refractivity contribution is -0.187. The molecule has 0 unspecified atom stereocenters. The zero-order valence-electron chi connectivity index (χ0n) is 14.0. The molecule has 1 saturated carbocycles. The third-order valence-corrected chi connectivity index (χ3v) is 5.03. The van der Waals surface area contributed by atoms with Crippen LogP contribution >= 0.6 is 0 Å². The van der Waals surface area contributed by atoms with Crippen LogP contribution in [0.1, 0.15) is 31.7 Å². The first-order valence-corrected chi connectivity index (χ1v) is 8.22. The van der Waals surface area contributed by atoms with E-state index >= 15 is 0 Å². The summed E-state index contributed by atoms with van der Waals surface area (Å²) in [6.45, 7) is 3.32.